The van der Waals surface area contributed by atoms with Gasteiger partial charge in [-0.25, -0.2) is 4.39 Å². The highest BCUT2D eigenvalue weighted by Gasteiger charge is 2.31. The summed E-state index contributed by atoms with van der Waals surface area (Å²) in [6.45, 7) is 6.77. The number of carbonyl (C=O) groups is 1. The summed E-state index contributed by atoms with van der Waals surface area (Å²) in [5.41, 5.74) is -0.00826. The molecule has 4 nitrogen and oxygen atoms in total. The second-order valence-electron chi connectivity index (χ2n) is 4.60. The van der Waals surface area contributed by atoms with Gasteiger partial charge in [0.25, 0.3) is 0 Å². The fourth-order valence-corrected chi connectivity index (χ4v) is 1.85. The number of carbonyl (C=O) groups excluding carboxylic acids is 1. The molecule has 0 fully saturated rings. The first-order valence-electron chi connectivity index (χ1n) is 6.54. The van der Waals surface area contributed by atoms with Crippen molar-refractivity contribution in [3.63, 3.8) is 0 Å². The number of pyridine rings is 1. The molecule has 1 heterocycles. The predicted octanol–water partition coefficient (Wildman–Crippen LogP) is 2.39. The monoisotopic (exact) mass is 268 g/mol. The van der Waals surface area contributed by atoms with Crippen molar-refractivity contribution in [1.82, 2.24) is 10.3 Å². The Morgan fingerprint density at radius 2 is 2.21 bits per heavy atom. The van der Waals surface area contributed by atoms with Crippen LogP contribution in [0.4, 0.5) is 4.39 Å². The molecule has 19 heavy (non-hydrogen) atoms. The third-order valence-electron chi connectivity index (χ3n) is 2.86. The van der Waals surface area contributed by atoms with Gasteiger partial charge in [0.2, 0.25) is 0 Å². The van der Waals surface area contributed by atoms with Gasteiger partial charge in [-0.3, -0.25) is 9.78 Å². The molecule has 0 aliphatic rings. The smallest absolute Gasteiger partial charge is 0.308 e. The Labute approximate surface area is 113 Å². The van der Waals surface area contributed by atoms with Crippen molar-refractivity contribution in [1.29, 1.82) is 0 Å². The largest absolute Gasteiger partial charge is 0.466 e. The Balaban J connectivity index is 2.91. The summed E-state index contributed by atoms with van der Waals surface area (Å²) in [7, 11) is 0. The van der Waals surface area contributed by atoms with Crippen LogP contribution < -0.4 is 5.32 Å². The average molecular weight is 268 g/mol. The van der Waals surface area contributed by atoms with E-state index in [0.717, 1.165) is 19.2 Å². The highest BCUT2D eigenvalue weighted by atomic mass is 19.1. The maximum atomic E-state index is 12.9. The average Bonchev–Trinajstić information content (AvgIpc) is 2.37. The van der Waals surface area contributed by atoms with Crippen LogP contribution in [0.2, 0.25) is 0 Å². The molecule has 5 heteroatoms. The second-order valence-corrected chi connectivity index (χ2v) is 4.60. The van der Waals surface area contributed by atoms with Crippen molar-refractivity contribution in [2.24, 2.45) is 0 Å². The van der Waals surface area contributed by atoms with Crippen molar-refractivity contribution in [3.05, 3.63) is 29.8 Å². The molecule has 1 rings (SSSR count). The molecule has 1 atom stereocenters. The lowest BCUT2D eigenvalue weighted by atomic mass is 9.92. The van der Waals surface area contributed by atoms with E-state index in [-0.39, 0.29) is 12.4 Å². The number of ether oxygens (including phenoxy) is 1. The molecule has 1 unspecified atom stereocenters. The summed E-state index contributed by atoms with van der Waals surface area (Å²) in [6, 6.07) is 2.94. The molecule has 1 aromatic heterocycles. The molecule has 0 spiro atoms. The van der Waals surface area contributed by atoms with Crippen LogP contribution in [0.15, 0.2) is 18.3 Å². The molecule has 1 N–H and O–H groups in total. The van der Waals surface area contributed by atoms with Gasteiger partial charge in [0.05, 0.1) is 30.5 Å². The predicted molar refractivity (Wildman–Crippen MR) is 71.1 cm³/mol. The van der Waals surface area contributed by atoms with Gasteiger partial charge in [0, 0.05) is 0 Å². The number of aromatic nitrogens is 1. The molecular weight excluding hydrogens is 247 g/mol. The summed E-state index contributed by atoms with van der Waals surface area (Å²) in [6.07, 6.45) is 2.26. The van der Waals surface area contributed by atoms with Crippen molar-refractivity contribution in [3.8, 4) is 0 Å². The summed E-state index contributed by atoms with van der Waals surface area (Å²) >= 11 is 0. The van der Waals surface area contributed by atoms with Gasteiger partial charge in [0.1, 0.15) is 5.82 Å². The Hall–Kier alpha value is -1.49. The van der Waals surface area contributed by atoms with E-state index < -0.39 is 11.4 Å². The number of esters is 1. The third kappa shape index (κ3) is 4.59. The molecule has 0 aliphatic heterocycles. The van der Waals surface area contributed by atoms with E-state index in [0.29, 0.717) is 12.3 Å². The van der Waals surface area contributed by atoms with E-state index in [1.165, 1.54) is 6.07 Å². The summed E-state index contributed by atoms with van der Waals surface area (Å²) in [5.74, 6) is -0.683. The first kappa shape index (κ1) is 15.6. The van der Waals surface area contributed by atoms with Crippen molar-refractivity contribution >= 4 is 5.97 Å². The zero-order valence-corrected chi connectivity index (χ0v) is 11.7. The zero-order valence-electron chi connectivity index (χ0n) is 11.7. The number of halogens is 1. The minimum absolute atomic E-state index is 0.166. The number of nitrogens with one attached hydrogen (secondary N) is 1. The Morgan fingerprint density at radius 1 is 1.47 bits per heavy atom. The topological polar surface area (TPSA) is 51.2 Å². The van der Waals surface area contributed by atoms with Gasteiger partial charge in [0.15, 0.2) is 0 Å². The van der Waals surface area contributed by atoms with Crippen molar-refractivity contribution in [2.75, 3.05) is 13.2 Å². The molecule has 0 radical (unpaired) electrons. The molecule has 0 saturated heterocycles. The van der Waals surface area contributed by atoms with Crippen LogP contribution in [0.3, 0.4) is 0 Å². The van der Waals surface area contributed by atoms with Gasteiger partial charge in [-0.1, -0.05) is 6.92 Å². The summed E-state index contributed by atoms with van der Waals surface area (Å²) in [4.78, 5) is 15.8. The Morgan fingerprint density at radius 3 is 2.74 bits per heavy atom. The van der Waals surface area contributed by atoms with Crippen LogP contribution in [0, 0.1) is 5.82 Å². The van der Waals surface area contributed by atoms with Gasteiger partial charge >= 0.3 is 5.97 Å². The van der Waals surface area contributed by atoms with Crippen molar-refractivity contribution in [2.45, 2.75) is 39.2 Å². The standard InChI is InChI=1S/C14H21FN2O2/c1-4-8-17-14(3,9-13(18)19-5-2)12-7-6-11(15)10-16-12/h6-7,10,17H,4-5,8-9H2,1-3H3. The van der Waals surface area contributed by atoms with E-state index in [2.05, 4.69) is 10.3 Å². The minimum atomic E-state index is -0.643. The molecule has 0 amide bonds. The molecule has 1 aromatic rings. The van der Waals surface area contributed by atoms with Crippen LogP contribution >= 0.6 is 0 Å². The minimum Gasteiger partial charge on any atom is -0.466 e. The summed E-state index contributed by atoms with van der Waals surface area (Å²) < 4.78 is 17.9. The van der Waals surface area contributed by atoms with E-state index >= 15 is 0 Å². The van der Waals surface area contributed by atoms with Gasteiger partial charge in [-0.15, -0.1) is 0 Å². The number of hydrogen-bond acceptors (Lipinski definition) is 4. The Bertz CT molecular complexity index is 408. The van der Waals surface area contributed by atoms with Crippen LogP contribution in [0.25, 0.3) is 0 Å². The maximum absolute atomic E-state index is 12.9. The van der Waals surface area contributed by atoms with Crippen LogP contribution in [0.1, 0.15) is 39.3 Å². The van der Waals surface area contributed by atoms with E-state index in [4.69, 9.17) is 4.74 Å². The lowest BCUT2D eigenvalue weighted by molar-refractivity contribution is -0.144. The van der Waals surface area contributed by atoms with Gasteiger partial charge < -0.3 is 10.1 Å². The van der Waals surface area contributed by atoms with Crippen LogP contribution in [-0.4, -0.2) is 24.1 Å². The lowest BCUT2D eigenvalue weighted by Crippen LogP contribution is -2.43. The normalized spacial score (nSPS) is 13.9. The fraction of sp³-hybridized carbons (Fsp3) is 0.571. The van der Waals surface area contributed by atoms with Crippen LogP contribution in [-0.2, 0) is 15.1 Å². The van der Waals surface area contributed by atoms with E-state index in [9.17, 15) is 9.18 Å². The quantitative estimate of drug-likeness (QED) is 0.771. The maximum Gasteiger partial charge on any atom is 0.308 e. The van der Waals surface area contributed by atoms with Gasteiger partial charge in [-0.2, -0.15) is 0 Å². The number of hydrogen-bond donors (Lipinski definition) is 1. The third-order valence-corrected chi connectivity index (χ3v) is 2.86. The molecule has 0 aliphatic carbocycles. The van der Waals surface area contributed by atoms with Crippen molar-refractivity contribution < 1.29 is 13.9 Å². The molecule has 106 valence electrons. The highest BCUT2D eigenvalue weighted by Crippen LogP contribution is 2.23. The molecule has 0 aromatic carbocycles. The first-order chi connectivity index (χ1) is 9.01. The van der Waals surface area contributed by atoms with E-state index in [1.807, 2.05) is 13.8 Å². The van der Waals surface area contributed by atoms with E-state index in [1.54, 1.807) is 13.0 Å². The lowest BCUT2D eigenvalue weighted by Gasteiger charge is -2.29. The highest BCUT2D eigenvalue weighted by molar-refractivity contribution is 5.71. The summed E-state index contributed by atoms with van der Waals surface area (Å²) in [5, 5.41) is 3.29. The van der Waals surface area contributed by atoms with Gasteiger partial charge in [-0.05, 0) is 38.9 Å². The molecule has 0 bridgehead atoms. The number of rotatable bonds is 7. The number of nitrogens with zero attached hydrogens (tertiary/aromatic N) is 1. The molecular formula is C14H21FN2O2. The molecule has 0 saturated carbocycles. The Kier molecular flexibility index (Phi) is 5.89. The fourth-order valence-electron chi connectivity index (χ4n) is 1.85. The zero-order chi connectivity index (χ0) is 14.3. The second kappa shape index (κ2) is 7.19. The first-order valence-corrected chi connectivity index (χ1v) is 6.54. The SMILES string of the molecule is CCCNC(C)(CC(=O)OCC)c1ccc(F)cn1. The van der Waals surface area contributed by atoms with Crippen LogP contribution in [0.5, 0.6) is 0 Å².